The van der Waals surface area contributed by atoms with Crippen molar-refractivity contribution in [3.05, 3.63) is 34.1 Å². The summed E-state index contributed by atoms with van der Waals surface area (Å²) < 4.78 is 14.0. The van der Waals surface area contributed by atoms with Crippen LogP contribution in [0.2, 0.25) is 0 Å². The van der Waals surface area contributed by atoms with Gasteiger partial charge < -0.3 is 4.90 Å². The van der Waals surface area contributed by atoms with Gasteiger partial charge in [-0.05, 0) is 31.0 Å². The summed E-state index contributed by atoms with van der Waals surface area (Å²) in [6, 6.07) is 4.34. The van der Waals surface area contributed by atoms with Crippen LogP contribution in [0, 0.1) is 5.82 Å². The van der Waals surface area contributed by atoms with Crippen LogP contribution in [0.3, 0.4) is 0 Å². The van der Waals surface area contributed by atoms with Crippen molar-refractivity contribution < 1.29 is 9.18 Å². The summed E-state index contributed by atoms with van der Waals surface area (Å²) in [6.45, 7) is 0.699. The van der Waals surface area contributed by atoms with Gasteiger partial charge in [-0.3, -0.25) is 4.79 Å². The standard InChI is InChI=1S/C14H16BrClFNO/c15-11-6-10(7-12(17)8-11)14(19)18-5-3-1-2-4-13(18)9-16/h6-8,13H,1-5,9H2. The first-order chi connectivity index (χ1) is 9.11. The summed E-state index contributed by atoms with van der Waals surface area (Å²) in [5.41, 5.74) is 0.379. The molecule has 0 saturated carbocycles. The van der Waals surface area contributed by atoms with Crippen LogP contribution >= 0.6 is 27.5 Å². The predicted octanol–water partition coefficient (Wildman–Crippen LogP) is 4.21. The number of likely N-dealkylation sites (tertiary alicyclic amines) is 1. The number of carbonyl (C=O) groups is 1. The molecule has 1 atom stereocenters. The van der Waals surface area contributed by atoms with E-state index in [0.29, 0.717) is 22.5 Å². The monoisotopic (exact) mass is 347 g/mol. The van der Waals surface area contributed by atoms with Gasteiger partial charge in [0.05, 0.1) is 0 Å². The molecule has 1 fully saturated rings. The van der Waals surface area contributed by atoms with E-state index in [1.54, 1.807) is 11.0 Å². The van der Waals surface area contributed by atoms with E-state index in [1.165, 1.54) is 12.1 Å². The summed E-state index contributed by atoms with van der Waals surface area (Å²) in [7, 11) is 0. The van der Waals surface area contributed by atoms with Crippen LogP contribution in [-0.4, -0.2) is 29.3 Å². The van der Waals surface area contributed by atoms with Gasteiger partial charge in [0.1, 0.15) is 5.82 Å². The Bertz CT molecular complexity index is 449. The molecule has 2 nitrogen and oxygen atoms in total. The minimum atomic E-state index is -0.407. The quantitative estimate of drug-likeness (QED) is 0.733. The number of amides is 1. The fourth-order valence-corrected chi connectivity index (χ4v) is 3.23. The zero-order valence-electron chi connectivity index (χ0n) is 10.5. The predicted molar refractivity (Wildman–Crippen MR) is 78.1 cm³/mol. The van der Waals surface area contributed by atoms with Crippen LogP contribution in [0.4, 0.5) is 4.39 Å². The van der Waals surface area contributed by atoms with Crippen LogP contribution in [0.5, 0.6) is 0 Å². The number of hydrogen-bond acceptors (Lipinski definition) is 1. The minimum absolute atomic E-state index is 0.0544. The molecule has 1 unspecified atom stereocenters. The lowest BCUT2D eigenvalue weighted by Crippen LogP contribution is -2.41. The Kier molecular flexibility index (Phi) is 5.22. The lowest BCUT2D eigenvalue weighted by molar-refractivity contribution is 0.0700. The Hall–Kier alpha value is -0.610. The first kappa shape index (κ1) is 14.8. The molecule has 19 heavy (non-hydrogen) atoms. The minimum Gasteiger partial charge on any atom is -0.334 e. The molecule has 1 aromatic rings. The third-order valence-electron chi connectivity index (χ3n) is 3.43. The normalized spacial score (nSPS) is 20.2. The summed E-state index contributed by atoms with van der Waals surface area (Å²) in [5.74, 6) is -0.106. The van der Waals surface area contributed by atoms with Crippen LogP contribution in [0.15, 0.2) is 22.7 Å². The molecular weight excluding hydrogens is 333 g/mol. The zero-order chi connectivity index (χ0) is 13.8. The van der Waals surface area contributed by atoms with E-state index in [2.05, 4.69) is 15.9 Å². The number of halogens is 3. The highest BCUT2D eigenvalue weighted by atomic mass is 79.9. The highest BCUT2D eigenvalue weighted by Crippen LogP contribution is 2.22. The average molecular weight is 349 g/mol. The van der Waals surface area contributed by atoms with Gasteiger partial charge in [0.15, 0.2) is 0 Å². The van der Waals surface area contributed by atoms with Crippen molar-refractivity contribution in [2.75, 3.05) is 12.4 Å². The van der Waals surface area contributed by atoms with Crippen molar-refractivity contribution in [3.63, 3.8) is 0 Å². The Morgan fingerprint density at radius 1 is 1.37 bits per heavy atom. The Labute approximate surface area is 126 Å². The van der Waals surface area contributed by atoms with Gasteiger partial charge >= 0.3 is 0 Å². The maximum absolute atomic E-state index is 13.4. The topological polar surface area (TPSA) is 20.3 Å². The smallest absolute Gasteiger partial charge is 0.254 e. The largest absolute Gasteiger partial charge is 0.334 e. The van der Waals surface area contributed by atoms with Crippen molar-refractivity contribution in [1.82, 2.24) is 4.90 Å². The molecule has 0 N–H and O–H groups in total. The first-order valence-corrected chi connectivity index (χ1v) is 7.77. The Morgan fingerprint density at radius 3 is 2.84 bits per heavy atom. The molecule has 0 spiro atoms. The van der Waals surface area contributed by atoms with E-state index in [9.17, 15) is 9.18 Å². The summed E-state index contributed by atoms with van der Waals surface area (Å²) in [5, 5.41) is 0. The molecule has 1 aliphatic rings. The van der Waals surface area contributed by atoms with E-state index in [1.807, 2.05) is 0 Å². The number of rotatable bonds is 2. The lowest BCUT2D eigenvalue weighted by Gasteiger charge is -2.28. The molecule has 1 heterocycles. The molecule has 1 aromatic carbocycles. The molecule has 104 valence electrons. The molecule has 0 aromatic heterocycles. The van der Waals surface area contributed by atoms with Crippen LogP contribution in [0.25, 0.3) is 0 Å². The van der Waals surface area contributed by atoms with Crippen LogP contribution < -0.4 is 0 Å². The van der Waals surface area contributed by atoms with Crippen molar-refractivity contribution in [2.24, 2.45) is 0 Å². The SMILES string of the molecule is O=C(c1cc(F)cc(Br)c1)N1CCCCCC1CCl. The third-order valence-corrected chi connectivity index (χ3v) is 4.24. The van der Waals surface area contributed by atoms with Gasteiger partial charge in [-0.15, -0.1) is 11.6 Å². The molecule has 0 bridgehead atoms. The van der Waals surface area contributed by atoms with E-state index in [-0.39, 0.29) is 11.9 Å². The van der Waals surface area contributed by atoms with Crippen molar-refractivity contribution in [1.29, 1.82) is 0 Å². The second kappa shape index (κ2) is 6.71. The van der Waals surface area contributed by atoms with E-state index in [4.69, 9.17) is 11.6 Å². The highest BCUT2D eigenvalue weighted by Gasteiger charge is 2.26. The third kappa shape index (κ3) is 3.69. The van der Waals surface area contributed by atoms with Crippen LogP contribution in [0.1, 0.15) is 36.0 Å². The summed E-state index contributed by atoms with van der Waals surface area (Å²) >= 11 is 9.18. The van der Waals surface area contributed by atoms with Gasteiger partial charge in [-0.2, -0.15) is 0 Å². The van der Waals surface area contributed by atoms with Crippen molar-refractivity contribution >= 4 is 33.4 Å². The first-order valence-electron chi connectivity index (χ1n) is 6.45. The molecule has 1 aliphatic heterocycles. The lowest BCUT2D eigenvalue weighted by atomic mass is 10.1. The molecule has 0 aliphatic carbocycles. The van der Waals surface area contributed by atoms with Gasteiger partial charge in [0.25, 0.3) is 5.91 Å². The molecule has 1 saturated heterocycles. The van der Waals surface area contributed by atoms with E-state index < -0.39 is 5.82 Å². The van der Waals surface area contributed by atoms with Crippen molar-refractivity contribution in [3.8, 4) is 0 Å². The van der Waals surface area contributed by atoms with E-state index >= 15 is 0 Å². The number of benzene rings is 1. The van der Waals surface area contributed by atoms with Crippen molar-refractivity contribution in [2.45, 2.75) is 31.7 Å². The fraction of sp³-hybridized carbons (Fsp3) is 0.500. The highest BCUT2D eigenvalue weighted by molar-refractivity contribution is 9.10. The second-order valence-electron chi connectivity index (χ2n) is 4.81. The van der Waals surface area contributed by atoms with Gasteiger partial charge in [0.2, 0.25) is 0 Å². The number of carbonyl (C=O) groups excluding carboxylic acids is 1. The molecule has 1 amide bonds. The number of hydrogen-bond donors (Lipinski definition) is 0. The summed E-state index contributed by atoms with van der Waals surface area (Å²) in [6.07, 6.45) is 4.11. The molecule has 0 radical (unpaired) electrons. The summed E-state index contributed by atoms with van der Waals surface area (Å²) in [4.78, 5) is 14.3. The molecule has 5 heteroatoms. The van der Waals surface area contributed by atoms with Gasteiger partial charge in [-0.1, -0.05) is 28.8 Å². The number of nitrogens with zero attached hydrogens (tertiary/aromatic N) is 1. The Balaban J connectivity index is 2.25. The Morgan fingerprint density at radius 2 is 2.16 bits per heavy atom. The fourth-order valence-electron chi connectivity index (χ4n) is 2.45. The zero-order valence-corrected chi connectivity index (χ0v) is 12.9. The maximum atomic E-state index is 13.4. The number of alkyl halides is 1. The molecule has 2 rings (SSSR count). The second-order valence-corrected chi connectivity index (χ2v) is 6.04. The average Bonchev–Trinajstić information content (AvgIpc) is 2.61. The van der Waals surface area contributed by atoms with Gasteiger partial charge in [0, 0.05) is 28.5 Å². The molecular formula is C14H16BrClFNO. The van der Waals surface area contributed by atoms with Crippen LogP contribution in [-0.2, 0) is 0 Å². The van der Waals surface area contributed by atoms with E-state index in [0.717, 1.165) is 25.7 Å². The van der Waals surface area contributed by atoms with Gasteiger partial charge in [-0.25, -0.2) is 4.39 Å². The maximum Gasteiger partial charge on any atom is 0.254 e.